The molecule has 5 rings (SSSR count). The molecule has 0 amide bonds. The van der Waals surface area contributed by atoms with Gasteiger partial charge in [0.15, 0.2) is 0 Å². The van der Waals surface area contributed by atoms with E-state index in [2.05, 4.69) is 71.3 Å². The van der Waals surface area contributed by atoms with E-state index in [9.17, 15) is 0 Å². The highest BCUT2D eigenvalue weighted by atomic mass is 15.2. The van der Waals surface area contributed by atoms with Gasteiger partial charge in [0, 0.05) is 25.2 Å². The highest BCUT2D eigenvalue weighted by Crippen LogP contribution is 2.56. The van der Waals surface area contributed by atoms with Crippen molar-refractivity contribution in [3.05, 3.63) is 71.8 Å². The van der Waals surface area contributed by atoms with E-state index in [1.807, 2.05) is 0 Å². The lowest BCUT2D eigenvalue weighted by atomic mass is 9.70. The molecule has 2 heteroatoms. The number of hydrogen-bond donors (Lipinski definition) is 2. The topological polar surface area (TPSA) is 24.1 Å². The molecule has 2 nitrogen and oxygen atoms in total. The third-order valence-electron chi connectivity index (χ3n) is 7.84. The first-order chi connectivity index (χ1) is 13.9. The molecule has 2 aromatic rings. The molecule has 2 aliphatic carbocycles. The molecule has 0 radical (unpaired) electrons. The SMILES string of the molecule is c1ccc(C(c2ccccc2)C2CC(CC3CNCN3)C3CCCCC32)cc1. The lowest BCUT2D eigenvalue weighted by Gasteiger charge is -2.35. The van der Waals surface area contributed by atoms with Crippen molar-refractivity contribution >= 4 is 0 Å². The van der Waals surface area contributed by atoms with Gasteiger partial charge in [-0.05, 0) is 60.5 Å². The molecule has 1 heterocycles. The molecule has 148 valence electrons. The van der Waals surface area contributed by atoms with Gasteiger partial charge in [-0.25, -0.2) is 0 Å². The first-order valence-corrected chi connectivity index (χ1v) is 11.4. The highest BCUT2D eigenvalue weighted by molar-refractivity contribution is 5.34. The molecule has 5 atom stereocenters. The van der Waals surface area contributed by atoms with Crippen molar-refractivity contribution in [1.29, 1.82) is 0 Å². The Hall–Kier alpha value is -1.64. The third kappa shape index (κ3) is 3.65. The largest absolute Gasteiger partial charge is 0.303 e. The second-order valence-corrected chi connectivity index (χ2v) is 9.34. The van der Waals surface area contributed by atoms with Crippen LogP contribution >= 0.6 is 0 Å². The van der Waals surface area contributed by atoms with Crippen LogP contribution in [0.3, 0.4) is 0 Å². The summed E-state index contributed by atoms with van der Waals surface area (Å²) in [6.07, 6.45) is 8.55. The molecule has 28 heavy (non-hydrogen) atoms. The number of hydrogen-bond acceptors (Lipinski definition) is 2. The molecule has 5 unspecified atom stereocenters. The van der Waals surface area contributed by atoms with Crippen LogP contribution in [-0.4, -0.2) is 19.3 Å². The van der Waals surface area contributed by atoms with Crippen LogP contribution in [0.15, 0.2) is 60.7 Å². The minimum atomic E-state index is 0.549. The molecular formula is C26H34N2. The monoisotopic (exact) mass is 374 g/mol. The summed E-state index contributed by atoms with van der Waals surface area (Å²) in [5, 5.41) is 7.17. The Balaban J connectivity index is 1.47. The van der Waals surface area contributed by atoms with E-state index in [1.54, 1.807) is 0 Å². The van der Waals surface area contributed by atoms with Gasteiger partial charge in [0.2, 0.25) is 0 Å². The molecule has 0 bridgehead atoms. The van der Waals surface area contributed by atoms with Crippen LogP contribution in [0.4, 0.5) is 0 Å². The predicted molar refractivity (Wildman–Crippen MR) is 116 cm³/mol. The van der Waals surface area contributed by atoms with E-state index in [-0.39, 0.29) is 0 Å². The molecule has 3 fully saturated rings. The maximum absolute atomic E-state index is 3.68. The summed E-state index contributed by atoms with van der Waals surface area (Å²) in [5.41, 5.74) is 3.04. The van der Waals surface area contributed by atoms with Crippen molar-refractivity contribution in [2.75, 3.05) is 13.2 Å². The molecule has 1 saturated heterocycles. The summed E-state index contributed by atoms with van der Waals surface area (Å²) in [7, 11) is 0. The molecule has 2 aromatic carbocycles. The van der Waals surface area contributed by atoms with E-state index in [1.165, 1.54) is 49.7 Å². The average Bonchev–Trinajstić information content (AvgIpc) is 3.39. The Morgan fingerprint density at radius 2 is 1.46 bits per heavy atom. The van der Waals surface area contributed by atoms with Crippen molar-refractivity contribution in [3.63, 3.8) is 0 Å². The zero-order valence-corrected chi connectivity index (χ0v) is 16.9. The molecule has 0 aromatic heterocycles. The molecule has 0 spiro atoms. The second kappa shape index (κ2) is 8.39. The molecule has 2 N–H and O–H groups in total. The van der Waals surface area contributed by atoms with Gasteiger partial charge in [-0.15, -0.1) is 0 Å². The van der Waals surface area contributed by atoms with Gasteiger partial charge in [0.1, 0.15) is 0 Å². The lowest BCUT2D eigenvalue weighted by molar-refractivity contribution is 0.187. The quantitative estimate of drug-likeness (QED) is 0.754. The highest BCUT2D eigenvalue weighted by Gasteiger charge is 2.47. The van der Waals surface area contributed by atoms with E-state index in [0.717, 1.165) is 36.9 Å². The van der Waals surface area contributed by atoms with Crippen molar-refractivity contribution in [3.8, 4) is 0 Å². The van der Waals surface area contributed by atoms with Gasteiger partial charge in [-0.2, -0.15) is 0 Å². The van der Waals surface area contributed by atoms with Crippen molar-refractivity contribution in [2.45, 2.75) is 50.5 Å². The van der Waals surface area contributed by atoms with Gasteiger partial charge in [0.05, 0.1) is 0 Å². The zero-order chi connectivity index (χ0) is 18.8. The number of benzene rings is 2. The van der Waals surface area contributed by atoms with Gasteiger partial charge >= 0.3 is 0 Å². The maximum atomic E-state index is 3.68. The van der Waals surface area contributed by atoms with Crippen LogP contribution in [0.1, 0.15) is 55.6 Å². The van der Waals surface area contributed by atoms with Crippen molar-refractivity contribution < 1.29 is 0 Å². The van der Waals surface area contributed by atoms with Crippen LogP contribution in [0, 0.1) is 23.7 Å². The van der Waals surface area contributed by atoms with E-state index in [0.29, 0.717) is 12.0 Å². The van der Waals surface area contributed by atoms with E-state index in [4.69, 9.17) is 0 Å². The summed E-state index contributed by atoms with van der Waals surface area (Å²) < 4.78 is 0. The van der Waals surface area contributed by atoms with Crippen LogP contribution < -0.4 is 10.6 Å². The number of rotatable bonds is 5. The Bertz CT molecular complexity index is 698. The zero-order valence-electron chi connectivity index (χ0n) is 16.9. The fourth-order valence-corrected chi connectivity index (χ4v) is 6.73. The van der Waals surface area contributed by atoms with Gasteiger partial charge in [0.25, 0.3) is 0 Å². The average molecular weight is 375 g/mol. The number of nitrogens with one attached hydrogen (secondary N) is 2. The van der Waals surface area contributed by atoms with Gasteiger partial charge < -0.3 is 10.6 Å². The van der Waals surface area contributed by atoms with Crippen molar-refractivity contribution in [2.24, 2.45) is 23.7 Å². The normalized spacial score (nSPS) is 32.5. The van der Waals surface area contributed by atoms with Crippen LogP contribution in [0.5, 0.6) is 0 Å². The minimum Gasteiger partial charge on any atom is -0.303 e. The Kier molecular flexibility index (Phi) is 5.51. The standard InChI is InChI=1S/C26H34N2/c1-3-9-19(10-4-1)26(20-11-5-2-6-12-20)25-16-21(15-22-17-27-18-28-22)23-13-7-8-14-24(23)25/h1-6,9-12,21-28H,7-8,13-18H2. The van der Waals surface area contributed by atoms with E-state index >= 15 is 0 Å². The summed E-state index contributed by atoms with van der Waals surface area (Å²) in [6.45, 7) is 2.14. The molecule has 1 aliphatic heterocycles. The summed E-state index contributed by atoms with van der Waals surface area (Å²) in [4.78, 5) is 0. The van der Waals surface area contributed by atoms with Gasteiger partial charge in [-0.3, -0.25) is 0 Å². The fraction of sp³-hybridized carbons (Fsp3) is 0.538. The first kappa shape index (κ1) is 18.4. The molecule has 2 saturated carbocycles. The van der Waals surface area contributed by atoms with Gasteiger partial charge in [-0.1, -0.05) is 73.5 Å². The third-order valence-corrected chi connectivity index (χ3v) is 7.84. The second-order valence-electron chi connectivity index (χ2n) is 9.34. The fourth-order valence-electron chi connectivity index (χ4n) is 6.73. The Morgan fingerprint density at radius 3 is 2.07 bits per heavy atom. The van der Waals surface area contributed by atoms with Crippen LogP contribution in [0.2, 0.25) is 0 Å². The summed E-state index contributed by atoms with van der Waals surface area (Å²) in [6, 6.07) is 23.4. The van der Waals surface area contributed by atoms with E-state index < -0.39 is 0 Å². The number of fused-ring (bicyclic) bond motifs is 1. The van der Waals surface area contributed by atoms with Crippen LogP contribution in [0.25, 0.3) is 0 Å². The summed E-state index contributed by atoms with van der Waals surface area (Å²) >= 11 is 0. The Labute approximate surface area is 170 Å². The maximum Gasteiger partial charge on any atom is 0.0457 e. The lowest BCUT2D eigenvalue weighted by Crippen LogP contribution is -2.30. The minimum absolute atomic E-state index is 0.549. The van der Waals surface area contributed by atoms with Crippen LogP contribution in [-0.2, 0) is 0 Å². The summed E-state index contributed by atoms with van der Waals surface area (Å²) in [5.74, 6) is 4.07. The van der Waals surface area contributed by atoms with Crippen molar-refractivity contribution in [1.82, 2.24) is 10.6 Å². The smallest absolute Gasteiger partial charge is 0.0457 e. The molecule has 3 aliphatic rings. The predicted octanol–water partition coefficient (Wildman–Crippen LogP) is 5.17. The Morgan fingerprint density at radius 1 is 0.821 bits per heavy atom. The first-order valence-electron chi connectivity index (χ1n) is 11.4. The molecular weight excluding hydrogens is 340 g/mol.